The van der Waals surface area contributed by atoms with Gasteiger partial charge in [-0.3, -0.25) is 13.9 Å². The average Bonchev–Trinajstić information content (AvgIpc) is 2.84. The topological polar surface area (TPSA) is 88.6 Å². The van der Waals surface area contributed by atoms with Crippen molar-refractivity contribution in [3.05, 3.63) is 94.0 Å². The Kier molecular flexibility index (Phi) is 6.13. The summed E-state index contributed by atoms with van der Waals surface area (Å²) in [5.41, 5.74) is 2.82. The number of methoxy groups -OCH3 is 1. The summed E-state index contributed by atoms with van der Waals surface area (Å²) in [5.74, 6) is -0.210. The highest BCUT2D eigenvalue weighted by Crippen LogP contribution is 2.33. The number of rotatable bonds is 5. The summed E-state index contributed by atoms with van der Waals surface area (Å²) in [6.45, 7) is 0.284. The summed E-state index contributed by atoms with van der Waals surface area (Å²) in [5, 5.41) is 2.84. The maximum atomic E-state index is 13.2. The maximum Gasteiger partial charge on any atom is 0.251 e. The second kappa shape index (κ2) is 9.15. The lowest BCUT2D eigenvalue weighted by Crippen LogP contribution is -2.32. The summed E-state index contributed by atoms with van der Waals surface area (Å²) in [4.78, 5) is 30.1. The Morgan fingerprint density at radius 3 is 2.69 bits per heavy atom. The van der Waals surface area contributed by atoms with Crippen LogP contribution < -0.4 is 14.4 Å². The van der Waals surface area contributed by atoms with Crippen LogP contribution in [-0.4, -0.2) is 35.0 Å². The van der Waals surface area contributed by atoms with Gasteiger partial charge in [-0.1, -0.05) is 30.3 Å². The Hall–Kier alpha value is -3.78. The molecule has 162 valence electrons. The van der Waals surface area contributed by atoms with Crippen molar-refractivity contribution in [2.24, 2.45) is 0 Å². The van der Waals surface area contributed by atoms with Gasteiger partial charge in [-0.15, -0.1) is 0 Å². The van der Waals surface area contributed by atoms with Gasteiger partial charge in [0.2, 0.25) is 11.7 Å². The third-order valence-electron chi connectivity index (χ3n) is 5.06. The van der Waals surface area contributed by atoms with Crippen LogP contribution in [0.15, 0.2) is 71.8 Å². The van der Waals surface area contributed by atoms with E-state index in [1.165, 1.54) is 11.4 Å². The minimum absolute atomic E-state index is 0.174. The second-order valence-corrected chi connectivity index (χ2v) is 8.60. The van der Waals surface area contributed by atoms with Crippen molar-refractivity contribution in [3.63, 3.8) is 0 Å². The van der Waals surface area contributed by atoms with Crippen LogP contribution in [0, 0.1) is 0 Å². The lowest BCUT2D eigenvalue weighted by Gasteiger charge is -2.27. The van der Waals surface area contributed by atoms with Gasteiger partial charge in [0.15, 0.2) is 11.0 Å². The molecule has 1 aliphatic rings. The lowest BCUT2D eigenvalue weighted by atomic mass is 10.0. The van der Waals surface area contributed by atoms with Gasteiger partial charge < -0.3 is 10.1 Å². The molecule has 1 unspecified atom stereocenters. The van der Waals surface area contributed by atoms with Crippen LogP contribution >= 0.6 is 0 Å². The Morgan fingerprint density at radius 2 is 1.94 bits per heavy atom. The molecule has 1 aliphatic heterocycles. The third kappa shape index (κ3) is 4.31. The first-order valence-electron chi connectivity index (χ1n) is 9.86. The molecular weight excluding hydrogens is 426 g/mol. The van der Waals surface area contributed by atoms with Crippen molar-refractivity contribution in [3.8, 4) is 5.88 Å². The molecule has 2 aromatic carbocycles. The fourth-order valence-electron chi connectivity index (χ4n) is 3.36. The molecule has 0 spiro atoms. The van der Waals surface area contributed by atoms with E-state index in [0.717, 1.165) is 11.1 Å². The molecule has 0 saturated heterocycles. The number of hydrogen-bond donors (Lipinski definition) is 1. The molecule has 0 radical (unpaired) electrons. The van der Waals surface area contributed by atoms with E-state index in [9.17, 15) is 13.8 Å². The maximum absolute atomic E-state index is 13.2. The number of amides is 1. The minimum atomic E-state index is -1.64. The van der Waals surface area contributed by atoms with Crippen LogP contribution in [0.2, 0.25) is 0 Å². The molecule has 0 bridgehead atoms. The predicted octanol–water partition coefficient (Wildman–Crippen LogP) is 3.36. The zero-order chi connectivity index (χ0) is 22.7. The van der Waals surface area contributed by atoms with Crippen LogP contribution in [-0.2, 0) is 17.5 Å². The zero-order valence-corrected chi connectivity index (χ0v) is 18.4. The zero-order valence-electron chi connectivity index (χ0n) is 17.6. The molecule has 0 aliphatic carbocycles. The molecule has 4 rings (SSSR count). The number of nitrogens with zero attached hydrogens (tertiary/aromatic N) is 2. The van der Waals surface area contributed by atoms with Gasteiger partial charge in [0, 0.05) is 37.0 Å². The number of ether oxygens (including phenoxy) is 1. The van der Waals surface area contributed by atoms with Gasteiger partial charge in [-0.05, 0) is 41.5 Å². The molecule has 1 atom stereocenters. The number of anilines is 1. The number of nitrogens with one attached hydrogen (secondary N) is 1. The Balaban J connectivity index is 1.59. The monoisotopic (exact) mass is 447 g/mol. The molecule has 3 aromatic rings. The smallest absolute Gasteiger partial charge is 0.251 e. The first-order chi connectivity index (χ1) is 15.5. The van der Waals surface area contributed by atoms with E-state index in [1.807, 2.05) is 30.3 Å². The minimum Gasteiger partial charge on any atom is -0.481 e. The van der Waals surface area contributed by atoms with Gasteiger partial charge in [0.05, 0.1) is 12.8 Å². The number of carbonyl (C=O) groups excluding carboxylic acids is 2. The number of pyridine rings is 1. The van der Waals surface area contributed by atoms with Crippen molar-refractivity contribution in [2.75, 3.05) is 18.5 Å². The van der Waals surface area contributed by atoms with Gasteiger partial charge in [0.1, 0.15) is 4.91 Å². The van der Waals surface area contributed by atoms with E-state index in [4.69, 9.17) is 4.74 Å². The average molecular weight is 448 g/mol. The normalized spacial score (nSPS) is 16.6. The van der Waals surface area contributed by atoms with Gasteiger partial charge >= 0.3 is 0 Å². The first-order valence-corrected chi connectivity index (χ1v) is 11.0. The summed E-state index contributed by atoms with van der Waals surface area (Å²) in [6.07, 6.45) is 3.23. The molecule has 32 heavy (non-hydrogen) atoms. The first kappa shape index (κ1) is 21.5. The van der Waals surface area contributed by atoms with E-state index >= 15 is 0 Å². The highest BCUT2D eigenvalue weighted by atomic mass is 32.2. The Morgan fingerprint density at radius 1 is 1.16 bits per heavy atom. The van der Waals surface area contributed by atoms with Crippen molar-refractivity contribution in [1.29, 1.82) is 0 Å². The van der Waals surface area contributed by atoms with Crippen molar-refractivity contribution in [2.45, 2.75) is 6.54 Å². The molecule has 8 heteroatoms. The quantitative estimate of drug-likeness (QED) is 0.606. The number of carbonyl (C=O) groups is 2. The second-order valence-electron chi connectivity index (χ2n) is 7.12. The van der Waals surface area contributed by atoms with Crippen LogP contribution in [0.5, 0.6) is 5.88 Å². The SMILES string of the molecule is COc1cc(CNC(=O)c2ccc3c(c2)C(=O)/C(=C/c2ccccc2)S(=O)N3C)ccn1. The Bertz CT molecular complexity index is 1240. The van der Waals surface area contributed by atoms with E-state index in [0.29, 0.717) is 22.7 Å². The lowest BCUT2D eigenvalue weighted by molar-refractivity contribution is 0.0951. The predicted molar refractivity (Wildman–Crippen MR) is 124 cm³/mol. The summed E-state index contributed by atoms with van der Waals surface area (Å²) < 4.78 is 19.5. The van der Waals surface area contributed by atoms with Crippen molar-refractivity contribution >= 4 is 34.4 Å². The molecule has 0 saturated carbocycles. The van der Waals surface area contributed by atoms with Crippen molar-refractivity contribution < 1.29 is 18.5 Å². The number of benzene rings is 2. The standard InChI is InChI=1S/C24H21N3O4S/c1-27-20-9-8-18(24(29)26-15-17-10-11-25-22(13-17)31-2)14-19(20)23(28)21(32(27)30)12-16-6-4-3-5-7-16/h3-14H,15H2,1-2H3,(H,26,29)/b21-12-. The van der Waals surface area contributed by atoms with Gasteiger partial charge in [-0.25, -0.2) is 9.19 Å². The highest BCUT2D eigenvalue weighted by molar-refractivity contribution is 7.91. The number of aromatic nitrogens is 1. The van der Waals surface area contributed by atoms with E-state index < -0.39 is 11.0 Å². The number of hydrogen-bond acceptors (Lipinski definition) is 5. The fraction of sp³-hybridized carbons (Fsp3) is 0.125. The third-order valence-corrected chi connectivity index (χ3v) is 6.44. The van der Waals surface area contributed by atoms with E-state index in [2.05, 4.69) is 10.3 Å². The van der Waals surface area contributed by atoms with Crippen LogP contribution in [0.25, 0.3) is 6.08 Å². The Labute approximate surface area is 188 Å². The molecule has 2 heterocycles. The molecule has 0 fully saturated rings. The molecular formula is C24H21N3O4S. The van der Waals surface area contributed by atoms with Gasteiger partial charge in [-0.2, -0.15) is 0 Å². The number of fused-ring (bicyclic) bond motifs is 1. The summed E-state index contributed by atoms with van der Waals surface area (Å²) in [6, 6.07) is 17.6. The number of allylic oxidation sites excluding steroid dienone is 1. The largest absolute Gasteiger partial charge is 0.481 e. The highest BCUT2D eigenvalue weighted by Gasteiger charge is 2.32. The molecule has 7 nitrogen and oxygen atoms in total. The summed E-state index contributed by atoms with van der Waals surface area (Å²) >= 11 is 0. The van der Waals surface area contributed by atoms with E-state index in [-0.39, 0.29) is 23.1 Å². The molecule has 1 amide bonds. The molecule has 1 N–H and O–H groups in total. The fourth-order valence-corrected chi connectivity index (χ4v) is 4.49. The number of ketones is 1. The van der Waals surface area contributed by atoms with Crippen LogP contribution in [0.4, 0.5) is 5.69 Å². The van der Waals surface area contributed by atoms with Crippen LogP contribution in [0.1, 0.15) is 31.8 Å². The van der Waals surface area contributed by atoms with Gasteiger partial charge in [0.25, 0.3) is 5.91 Å². The van der Waals surface area contributed by atoms with E-state index in [1.54, 1.807) is 49.7 Å². The number of Topliss-reactive ketones (excluding diaryl/α,β-unsaturated/α-hetero) is 1. The molecule has 1 aromatic heterocycles. The summed E-state index contributed by atoms with van der Waals surface area (Å²) in [7, 11) is 1.55. The van der Waals surface area contributed by atoms with Crippen LogP contribution in [0.3, 0.4) is 0 Å². The van der Waals surface area contributed by atoms with Crippen molar-refractivity contribution in [1.82, 2.24) is 10.3 Å².